The maximum atomic E-state index is 10.8. The molecule has 4 nitrogen and oxygen atoms in total. The molecule has 0 fully saturated rings. The van der Waals surface area contributed by atoms with Gasteiger partial charge in [0.05, 0.1) is 4.37 Å². The fourth-order valence-electron chi connectivity index (χ4n) is 3.16. The summed E-state index contributed by atoms with van der Waals surface area (Å²) < 4.78 is 8.66. The lowest BCUT2D eigenvalue weighted by Crippen LogP contribution is -1.82. The molecule has 0 saturated heterocycles. The molecule has 0 aliphatic rings. The first-order valence-corrected chi connectivity index (χ1v) is 9.73. The fourth-order valence-corrected chi connectivity index (χ4v) is 4.33. The Bertz CT molecular complexity index is 1270. The van der Waals surface area contributed by atoms with Gasteiger partial charge < -0.3 is 0 Å². The Morgan fingerprint density at radius 2 is 1.40 bits per heavy atom. The van der Waals surface area contributed by atoms with Gasteiger partial charge in [-0.05, 0) is 80.0 Å². The molecule has 0 saturated carbocycles. The highest BCUT2D eigenvalue weighted by Gasteiger charge is 2.10. The van der Waals surface area contributed by atoms with Crippen LogP contribution < -0.4 is 0 Å². The maximum absolute atomic E-state index is 10.8. The van der Waals surface area contributed by atoms with Gasteiger partial charge in [0, 0.05) is 5.56 Å². The van der Waals surface area contributed by atoms with Crippen LogP contribution in [0.2, 0.25) is 0 Å². The number of fused-ring (bicyclic) bond motifs is 3. The average molecular weight is 360 g/mol. The summed E-state index contributed by atoms with van der Waals surface area (Å²) in [5, 5.41) is 9.78. The largest absolute Gasteiger partial charge is 0.462 e. The molecule has 0 atom stereocenters. The van der Waals surface area contributed by atoms with E-state index in [2.05, 4.69) is 56.4 Å². The number of nitrogens with zero attached hydrogens (tertiary/aromatic N) is 3. The first-order chi connectivity index (χ1) is 12.3. The van der Waals surface area contributed by atoms with Gasteiger partial charge in [-0.3, -0.25) is 0 Å². The van der Waals surface area contributed by atoms with Crippen molar-refractivity contribution in [1.29, 1.82) is 0 Å². The molecular formula is C19H10N3OS2+. The minimum atomic E-state index is 0.453. The normalized spacial score (nSPS) is 11.4. The SMILES string of the molecule is O=Nc1ccc2cc3cc4cc(-c5ns[s+]n5)ccc4cc3cc2c1. The summed E-state index contributed by atoms with van der Waals surface area (Å²) in [4.78, 5) is 10.8. The summed E-state index contributed by atoms with van der Waals surface area (Å²) in [6.45, 7) is 0. The second kappa shape index (κ2) is 5.61. The second-order valence-electron chi connectivity index (χ2n) is 5.89. The summed E-state index contributed by atoms with van der Waals surface area (Å²) in [6.07, 6.45) is 0. The van der Waals surface area contributed by atoms with Gasteiger partial charge in [-0.2, -0.15) is 0 Å². The summed E-state index contributed by atoms with van der Waals surface area (Å²) in [5.74, 6) is 0.782. The first-order valence-electron chi connectivity index (χ1n) is 7.67. The Balaban J connectivity index is 1.76. The Kier molecular flexibility index (Phi) is 3.26. The zero-order chi connectivity index (χ0) is 16.8. The molecular weight excluding hydrogens is 350 g/mol. The van der Waals surface area contributed by atoms with Gasteiger partial charge in [-0.25, -0.2) is 0 Å². The van der Waals surface area contributed by atoms with Gasteiger partial charge in [-0.1, -0.05) is 18.2 Å². The molecule has 4 aromatic carbocycles. The number of rotatable bonds is 2. The minimum absolute atomic E-state index is 0.453. The first kappa shape index (κ1) is 14.5. The molecule has 1 heterocycles. The number of hydrogen-bond acceptors (Lipinski definition) is 5. The van der Waals surface area contributed by atoms with E-state index >= 15 is 0 Å². The summed E-state index contributed by atoms with van der Waals surface area (Å²) >= 11 is 0. The Labute approximate surface area is 150 Å². The van der Waals surface area contributed by atoms with Crippen LogP contribution in [0.4, 0.5) is 5.69 Å². The van der Waals surface area contributed by atoms with E-state index in [0.717, 1.165) is 38.3 Å². The van der Waals surface area contributed by atoms with Crippen molar-refractivity contribution in [2.75, 3.05) is 0 Å². The van der Waals surface area contributed by atoms with Crippen molar-refractivity contribution in [3.63, 3.8) is 0 Å². The topological polar surface area (TPSA) is 55.2 Å². The standard InChI is InChI=1S/C19H10N3OS2/c23-20-18-4-3-12-6-15-8-14-7-13(19-21-24-25-22-19)2-1-11(14)5-16(15)9-17(12)10-18/h1-10H/q+1. The third kappa shape index (κ3) is 2.47. The number of benzene rings is 4. The molecule has 0 aliphatic heterocycles. The summed E-state index contributed by atoms with van der Waals surface area (Å²) in [7, 11) is 2.79. The van der Waals surface area contributed by atoms with E-state index in [9.17, 15) is 4.91 Å². The zero-order valence-electron chi connectivity index (χ0n) is 12.8. The Morgan fingerprint density at radius 1 is 0.760 bits per heavy atom. The molecule has 5 rings (SSSR count). The van der Waals surface area contributed by atoms with Crippen molar-refractivity contribution in [3.05, 3.63) is 65.6 Å². The molecule has 0 spiro atoms. The number of nitroso groups, excluding NO2 is 1. The molecule has 118 valence electrons. The van der Waals surface area contributed by atoms with Crippen LogP contribution in [-0.4, -0.2) is 8.75 Å². The lowest BCUT2D eigenvalue weighted by atomic mass is 9.98. The van der Waals surface area contributed by atoms with Gasteiger partial charge in [0.15, 0.2) is 0 Å². The molecule has 1 aromatic heterocycles. The molecule has 0 radical (unpaired) electrons. The second-order valence-corrected chi connectivity index (χ2v) is 7.45. The molecule has 0 N–H and O–H groups in total. The molecule has 0 aliphatic carbocycles. The lowest BCUT2D eigenvalue weighted by Gasteiger charge is -2.06. The van der Waals surface area contributed by atoms with Crippen molar-refractivity contribution in [2.24, 2.45) is 5.18 Å². The maximum Gasteiger partial charge on any atom is 0.462 e. The Hall–Kier alpha value is -2.83. The van der Waals surface area contributed by atoms with Gasteiger partial charge in [0.25, 0.3) is 0 Å². The van der Waals surface area contributed by atoms with E-state index < -0.39 is 0 Å². The predicted molar refractivity (Wildman–Crippen MR) is 106 cm³/mol. The highest BCUT2D eigenvalue weighted by atomic mass is 32.9. The van der Waals surface area contributed by atoms with Gasteiger partial charge in [0.1, 0.15) is 5.69 Å². The van der Waals surface area contributed by atoms with Crippen LogP contribution in [0.15, 0.2) is 65.8 Å². The summed E-state index contributed by atoms with van der Waals surface area (Å²) in [5.41, 5.74) is 1.49. The van der Waals surface area contributed by atoms with Crippen LogP contribution in [0.5, 0.6) is 0 Å². The molecule has 0 unspecified atom stereocenters. The minimum Gasteiger partial charge on any atom is -0.145 e. The number of hydrogen-bond donors (Lipinski definition) is 0. The van der Waals surface area contributed by atoms with Crippen LogP contribution >= 0.6 is 21.1 Å². The Morgan fingerprint density at radius 3 is 2.08 bits per heavy atom. The van der Waals surface area contributed by atoms with Crippen LogP contribution in [0.1, 0.15) is 0 Å². The van der Waals surface area contributed by atoms with Gasteiger partial charge in [-0.15, -0.1) is 9.28 Å². The highest BCUT2D eigenvalue weighted by molar-refractivity contribution is 7.64. The van der Waals surface area contributed by atoms with Gasteiger partial charge in [0.2, 0.25) is 5.82 Å². The average Bonchev–Trinajstić information content (AvgIpc) is 3.18. The van der Waals surface area contributed by atoms with E-state index in [1.807, 2.05) is 12.1 Å². The van der Waals surface area contributed by atoms with Crippen molar-refractivity contribution in [1.82, 2.24) is 8.75 Å². The smallest absolute Gasteiger partial charge is 0.145 e. The third-order valence-electron chi connectivity index (χ3n) is 4.38. The van der Waals surface area contributed by atoms with Crippen LogP contribution in [-0.2, 0) is 0 Å². The predicted octanol–water partition coefficient (Wildman–Crippen LogP) is 6.41. The third-order valence-corrected chi connectivity index (χ3v) is 5.59. The van der Waals surface area contributed by atoms with E-state index in [1.54, 1.807) is 6.07 Å². The van der Waals surface area contributed by atoms with E-state index in [0.29, 0.717) is 5.69 Å². The molecule has 5 aromatic rings. The highest BCUT2D eigenvalue weighted by Crippen LogP contribution is 2.31. The van der Waals surface area contributed by atoms with Gasteiger partial charge >= 0.3 is 21.1 Å². The van der Waals surface area contributed by atoms with Crippen molar-refractivity contribution in [2.45, 2.75) is 0 Å². The fraction of sp³-hybridized carbons (Fsp3) is 0. The molecule has 25 heavy (non-hydrogen) atoms. The summed E-state index contributed by atoms with van der Waals surface area (Å²) in [6, 6.07) is 20.4. The van der Waals surface area contributed by atoms with E-state index in [1.165, 1.54) is 26.5 Å². The van der Waals surface area contributed by atoms with E-state index in [4.69, 9.17) is 0 Å². The zero-order valence-corrected chi connectivity index (χ0v) is 14.5. The van der Waals surface area contributed by atoms with Crippen LogP contribution in [0, 0.1) is 4.91 Å². The lowest BCUT2D eigenvalue weighted by molar-refractivity contribution is 1.39. The quantitative estimate of drug-likeness (QED) is 0.158. The molecule has 0 bridgehead atoms. The monoisotopic (exact) mass is 360 g/mol. The molecule has 0 amide bonds. The van der Waals surface area contributed by atoms with Crippen LogP contribution in [0.25, 0.3) is 43.7 Å². The van der Waals surface area contributed by atoms with Crippen molar-refractivity contribution < 1.29 is 0 Å². The van der Waals surface area contributed by atoms with E-state index in [-0.39, 0.29) is 0 Å². The van der Waals surface area contributed by atoms with Crippen molar-refractivity contribution in [3.8, 4) is 11.4 Å². The van der Waals surface area contributed by atoms with Crippen LogP contribution in [0.3, 0.4) is 0 Å². The molecule has 6 heteroatoms. The number of aromatic nitrogens is 2. The van der Waals surface area contributed by atoms with Crippen molar-refractivity contribution >= 4 is 59.1 Å².